The van der Waals surface area contributed by atoms with Crippen LogP contribution in [0, 0.1) is 6.92 Å². The zero-order chi connectivity index (χ0) is 13.3. The maximum atomic E-state index is 11.9. The first-order valence-electron chi connectivity index (χ1n) is 5.17. The second-order valence-electron chi connectivity index (χ2n) is 3.87. The molecule has 9 heteroatoms. The molecule has 0 atom stereocenters. The van der Waals surface area contributed by atoms with Gasteiger partial charge in [0.1, 0.15) is 11.6 Å². The van der Waals surface area contributed by atoms with E-state index in [9.17, 15) is 8.42 Å². The molecule has 4 N–H and O–H groups in total. The van der Waals surface area contributed by atoms with Crippen LogP contribution < -0.4 is 10.5 Å². The Morgan fingerprint density at radius 3 is 2.78 bits per heavy atom. The Morgan fingerprint density at radius 2 is 2.28 bits per heavy atom. The molecule has 0 spiro atoms. The van der Waals surface area contributed by atoms with Gasteiger partial charge in [-0.3, -0.25) is 5.10 Å². The zero-order valence-corrected chi connectivity index (χ0v) is 10.8. The summed E-state index contributed by atoms with van der Waals surface area (Å²) in [4.78, 5) is 3.96. The number of hydrogen-bond acceptors (Lipinski definition) is 5. The smallest absolute Gasteiger partial charge is 0.259 e. The molecular weight excluding hydrogens is 256 g/mol. The molecule has 0 unspecified atom stereocenters. The van der Waals surface area contributed by atoms with Crippen LogP contribution in [0.4, 0.5) is 5.82 Å². The van der Waals surface area contributed by atoms with E-state index in [-0.39, 0.29) is 11.6 Å². The van der Waals surface area contributed by atoms with E-state index in [0.29, 0.717) is 17.2 Å². The number of aromatic nitrogens is 4. The Labute approximate surface area is 104 Å². The molecule has 2 rings (SSSR count). The van der Waals surface area contributed by atoms with Gasteiger partial charge < -0.3 is 10.3 Å². The Balaban J connectivity index is 2.15. The zero-order valence-electron chi connectivity index (χ0n) is 10.0. The van der Waals surface area contributed by atoms with Crippen molar-refractivity contribution < 1.29 is 8.42 Å². The highest BCUT2D eigenvalue weighted by molar-refractivity contribution is 7.89. The molecule has 0 aliphatic carbocycles. The highest BCUT2D eigenvalue weighted by atomic mass is 32.2. The van der Waals surface area contributed by atoms with Gasteiger partial charge in [0, 0.05) is 25.4 Å². The van der Waals surface area contributed by atoms with Crippen molar-refractivity contribution in [2.45, 2.75) is 18.5 Å². The standard InChI is InChI=1S/C9H14N6O2S/c1-6-13-8(5-15(6)2)18(16,17)12-4-7-3-11-14-9(7)10/h3,5,12H,4H2,1-2H3,(H3,10,11,14). The van der Waals surface area contributed by atoms with Crippen LogP contribution >= 0.6 is 0 Å². The van der Waals surface area contributed by atoms with Crippen LogP contribution in [0.5, 0.6) is 0 Å². The second-order valence-corrected chi connectivity index (χ2v) is 5.58. The topological polar surface area (TPSA) is 119 Å². The number of aryl methyl sites for hydroxylation is 2. The van der Waals surface area contributed by atoms with E-state index in [2.05, 4.69) is 19.9 Å². The third-order valence-electron chi connectivity index (χ3n) is 2.57. The summed E-state index contributed by atoms with van der Waals surface area (Å²) in [6.45, 7) is 1.80. The van der Waals surface area contributed by atoms with Crippen molar-refractivity contribution >= 4 is 15.8 Å². The first kappa shape index (κ1) is 12.6. The summed E-state index contributed by atoms with van der Waals surface area (Å²) in [5.41, 5.74) is 6.15. The van der Waals surface area contributed by atoms with Crippen LogP contribution in [0.3, 0.4) is 0 Å². The molecule has 8 nitrogen and oxygen atoms in total. The van der Waals surface area contributed by atoms with Crippen LogP contribution in [0.25, 0.3) is 0 Å². The number of H-pyrrole nitrogens is 1. The molecule has 2 aromatic rings. The van der Waals surface area contributed by atoms with E-state index in [1.807, 2.05) is 0 Å². The van der Waals surface area contributed by atoms with E-state index >= 15 is 0 Å². The molecule has 0 aliphatic rings. The van der Waals surface area contributed by atoms with Gasteiger partial charge in [-0.25, -0.2) is 18.1 Å². The van der Waals surface area contributed by atoms with Gasteiger partial charge in [0.05, 0.1) is 6.20 Å². The van der Waals surface area contributed by atoms with Gasteiger partial charge in [-0.2, -0.15) is 5.10 Å². The lowest BCUT2D eigenvalue weighted by atomic mass is 10.3. The second kappa shape index (κ2) is 4.42. The van der Waals surface area contributed by atoms with Crippen LogP contribution in [-0.4, -0.2) is 28.2 Å². The number of nitrogen functional groups attached to an aromatic ring is 1. The fourth-order valence-electron chi connectivity index (χ4n) is 1.36. The van der Waals surface area contributed by atoms with Gasteiger partial charge in [0.25, 0.3) is 10.0 Å². The number of nitrogens with one attached hydrogen (secondary N) is 2. The van der Waals surface area contributed by atoms with Crippen LogP contribution in [0.15, 0.2) is 17.4 Å². The molecule has 0 aliphatic heterocycles. The predicted octanol–water partition coefficient (Wildman–Crippen LogP) is -0.488. The van der Waals surface area contributed by atoms with E-state index < -0.39 is 10.0 Å². The van der Waals surface area contributed by atoms with Crippen molar-refractivity contribution in [3.8, 4) is 0 Å². The summed E-state index contributed by atoms with van der Waals surface area (Å²) >= 11 is 0. The Bertz CT molecular complexity index is 637. The lowest BCUT2D eigenvalue weighted by Crippen LogP contribution is -2.23. The summed E-state index contributed by atoms with van der Waals surface area (Å²) < 4.78 is 27.9. The Kier molecular flexibility index (Phi) is 3.09. The van der Waals surface area contributed by atoms with E-state index in [4.69, 9.17) is 5.73 Å². The monoisotopic (exact) mass is 270 g/mol. The van der Waals surface area contributed by atoms with E-state index in [1.54, 1.807) is 18.5 Å². The normalized spacial score (nSPS) is 11.9. The number of aromatic amines is 1. The van der Waals surface area contributed by atoms with Crippen molar-refractivity contribution in [2.24, 2.45) is 7.05 Å². The number of rotatable bonds is 4. The van der Waals surface area contributed by atoms with Gasteiger partial charge >= 0.3 is 0 Å². The first-order chi connectivity index (χ1) is 8.40. The molecule has 0 bridgehead atoms. The lowest BCUT2D eigenvalue weighted by molar-refractivity contribution is 0.578. The third-order valence-corrected chi connectivity index (χ3v) is 3.84. The van der Waals surface area contributed by atoms with Crippen LogP contribution in [0.2, 0.25) is 0 Å². The first-order valence-corrected chi connectivity index (χ1v) is 6.66. The molecule has 18 heavy (non-hydrogen) atoms. The van der Waals surface area contributed by atoms with Gasteiger partial charge in [-0.15, -0.1) is 0 Å². The van der Waals surface area contributed by atoms with Crippen LogP contribution in [-0.2, 0) is 23.6 Å². The summed E-state index contributed by atoms with van der Waals surface area (Å²) in [5, 5.41) is 6.23. The fraction of sp³-hybridized carbons (Fsp3) is 0.333. The highest BCUT2D eigenvalue weighted by Crippen LogP contribution is 2.10. The number of imidazole rings is 1. The summed E-state index contributed by atoms with van der Waals surface area (Å²) in [7, 11) is -1.90. The summed E-state index contributed by atoms with van der Waals surface area (Å²) in [6.07, 6.45) is 2.93. The Morgan fingerprint density at radius 1 is 1.56 bits per heavy atom. The van der Waals surface area contributed by atoms with E-state index in [0.717, 1.165) is 0 Å². The van der Waals surface area contributed by atoms with Crippen molar-refractivity contribution in [3.05, 3.63) is 23.8 Å². The molecule has 0 radical (unpaired) electrons. The van der Waals surface area contributed by atoms with Crippen molar-refractivity contribution in [1.82, 2.24) is 24.5 Å². The number of sulfonamides is 1. The average molecular weight is 270 g/mol. The number of nitrogens with two attached hydrogens (primary N) is 1. The molecule has 0 amide bonds. The van der Waals surface area contributed by atoms with Crippen molar-refractivity contribution in [3.63, 3.8) is 0 Å². The van der Waals surface area contributed by atoms with Gasteiger partial charge in [-0.05, 0) is 6.92 Å². The molecule has 0 saturated heterocycles. The maximum Gasteiger partial charge on any atom is 0.259 e. The third kappa shape index (κ3) is 2.36. The minimum atomic E-state index is -3.63. The molecular formula is C9H14N6O2S. The maximum absolute atomic E-state index is 11.9. The van der Waals surface area contributed by atoms with Gasteiger partial charge in [0.2, 0.25) is 0 Å². The average Bonchev–Trinajstić information content (AvgIpc) is 2.84. The number of anilines is 1. The highest BCUT2D eigenvalue weighted by Gasteiger charge is 2.18. The minimum Gasteiger partial charge on any atom is -0.384 e. The SMILES string of the molecule is Cc1nc(S(=O)(=O)NCc2cn[nH]c2N)cn1C. The number of hydrogen-bond donors (Lipinski definition) is 3. The molecule has 2 heterocycles. The fourth-order valence-corrected chi connectivity index (χ4v) is 2.41. The van der Waals surface area contributed by atoms with Crippen molar-refractivity contribution in [2.75, 3.05) is 5.73 Å². The van der Waals surface area contributed by atoms with E-state index in [1.165, 1.54) is 12.4 Å². The number of nitrogens with zero attached hydrogens (tertiary/aromatic N) is 3. The van der Waals surface area contributed by atoms with Gasteiger partial charge in [-0.1, -0.05) is 0 Å². The van der Waals surface area contributed by atoms with Crippen molar-refractivity contribution in [1.29, 1.82) is 0 Å². The lowest BCUT2D eigenvalue weighted by Gasteiger charge is -2.02. The molecule has 0 saturated carbocycles. The quantitative estimate of drug-likeness (QED) is 0.693. The summed E-state index contributed by atoms with van der Waals surface area (Å²) in [5.74, 6) is 0.966. The minimum absolute atomic E-state index is 0.00966. The van der Waals surface area contributed by atoms with Gasteiger partial charge in [0.15, 0.2) is 5.03 Å². The van der Waals surface area contributed by atoms with Crippen LogP contribution in [0.1, 0.15) is 11.4 Å². The molecule has 0 fully saturated rings. The Hall–Kier alpha value is -1.87. The summed E-state index contributed by atoms with van der Waals surface area (Å²) in [6, 6.07) is 0. The molecule has 98 valence electrons. The largest absolute Gasteiger partial charge is 0.384 e. The molecule has 0 aromatic carbocycles. The molecule has 2 aromatic heterocycles. The predicted molar refractivity (Wildman–Crippen MR) is 65.0 cm³/mol.